The van der Waals surface area contributed by atoms with E-state index in [0.29, 0.717) is 17.2 Å². The van der Waals surface area contributed by atoms with Gasteiger partial charge in [-0.25, -0.2) is 4.39 Å². The Morgan fingerprint density at radius 1 is 1.00 bits per heavy atom. The Balaban J connectivity index is 1.55. The summed E-state index contributed by atoms with van der Waals surface area (Å²) in [6.45, 7) is 8.84. The number of nitrogens with zero attached hydrogens (tertiary/aromatic N) is 3. The van der Waals surface area contributed by atoms with E-state index in [1.165, 1.54) is 17.2 Å². The summed E-state index contributed by atoms with van der Waals surface area (Å²) in [7, 11) is 0. The minimum Gasteiger partial charge on any atom is -0.367 e. The lowest BCUT2D eigenvalue weighted by Crippen LogP contribution is -2.46. The van der Waals surface area contributed by atoms with Crippen LogP contribution in [0.2, 0.25) is 0 Å². The van der Waals surface area contributed by atoms with Gasteiger partial charge in [0, 0.05) is 32.7 Å². The van der Waals surface area contributed by atoms with Crippen LogP contribution in [0.15, 0.2) is 42.5 Å². The van der Waals surface area contributed by atoms with Crippen molar-refractivity contribution >= 4 is 5.69 Å². The fourth-order valence-electron chi connectivity index (χ4n) is 3.49. The SMILES string of the molecule is CC(C)Cc1ccc(CN2CCN(c3ccc(C#N)cc3F)CC2)cc1. The Bertz CT molecular complexity index is 769. The fourth-order valence-corrected chi connectivity index (χ4v) is 3.49. The van der Waals surface area contributed by atoms with Crippen molar-refractivity contribution in [2.45, 2.75) is 26.8 Å². The van der Waals surface area contributed by atoms with Crippen molar-refractivity contribution in [1.29, 1.82) is 5.26 Å². The second-order valence-corrected chi connectivity index (χ2v) is 7.46. The van der Waals surface area contributed by atoms with E-state index >= 15 is 0 Å². The number of benzene rings is 2. The monoisotopic (exact) mass is 351 g/mol. The molecule has 1 heterocycles. The Labute approximate surface area is 155 Å². The third-order valence-electron chi connectivity index (χ3n) is 4.86. The zero-order valence-electron chi connectivity index (χ0n) is 15.6. The van der Waals surface area contributed by atoms with Crippen molar-refractivity contribution in [3.8, 4) is 6.07 Å². The van der Waals surface area contributed by atoms with Gasteiger partial charge in [0.2, 0.25) is 0 Å². The molecule has 0 atom stereocenters. The van der Waals surface area contributed by atoms with Gasteiger partial charge in [-0.2, -0.15) is 5.26 Å². The summed E-state index contributed by atoms with van der Waals surface area (Å²) in [6.07, 6.45) is 1.12. The molecule has 26 heavy (non-hydrogen) atoms. The maximum Gasteiger partial charge on any atom is 0.147 e. The van der Waals surface area contributed by atoms with Gasteiger partial charge in [0.15, 0.2) is 0 Å². The van der Waals surface area contributed by atoms with Crippen molar-refractivity contribution < 1.29 is 4.39 Å². The molecule has 4 heteroatoms. The molecule has 0 aliphatic carbocycles. The summed E-state index contributed by atoms with van der Waals surface area (Å²) in [4.78, 5) is 4.48. The second kappa shape index (κ2) is 8.33. The molecule has 2 aromatic rings. The molecular formula is C22H26FN3. The van der Waals surface area contributed by atoms with Crippen LogP contribution in [-0.4, -0.2) is 31.1 Å². The number of hydrogen-bond donors (Lipinski definition) is 0. The first-order chi connectivity index (χ1) is 12.5. The molecule has 1 fully saturated rings. The molecule has 3 rings (SSSR count). The predicted octanol–water partition coefficient (Wildman–Crippen LogP) is 4.22. The summed E-state index contributed by atoms with van der Waals surface area (Å²) >= 11 is 0. The Hall–Kier alpha value is -2.38. The van der Waals surface area contributed by atoms with E-state index < -0.39 is 0 Å². The van der Waals surface area contributed by atoms with Gasteiger partial charge in [-0.15, -0.1) is 0 Å². The topological polar surface area (TPSA) is 30.3 Å². The van der Waals surface area contributed by atoms with Gasteiger partial charge in [0.25, 0.3) is 0 Å². The number of rotatable bonds is 5. The lowest BCUT2D eigenvalue weighted by atomic mass is 10.0. The molecule has 2 aromatic carbocycles. The molecule has 1 aliphatic rings. The van der Waals surface area contributed by atoms with Crippen LogP contribution in [-0.2, 0) is 13.0 Å². The lowest BCUT2D eigenvalue weighted by Gasteiger charge is -2.36. The maximum atomic E-state index is 14.2. The molecule has 3 nitrogen and oxygen atoms in total. The highest BCUT2D eigenvalue weighted by Gasteiger charge is 2.19. The largest absolute Gasteiger partial charge is 0.367 e. The van der Waals surface area contributed by atoms with Crippen molar-refractivity contribution in [2.75, 3.05) is 31.1 Å². The van der Waals surface area contributed by atoms with E-state index in [9.17, 15) is 4.39 Å². The quantitative estimate of drug-likeness (QED) is 0.808. The maximum absolute atomic E-state index is 14.2. The van der Waals surface area contributed by atoms with E-state index in [1.807, 2.05) is 6.07 Å². The Morgan fingerprint density at radius 3 is 2.23 bits per heavy atom. The summed E-state index contributed by atoms with van der Waals surface area (Å²) in [5.74, 6) is 0.370. The van der Waals surface area contributed by atoms with Gasteiger partial charge in [-0.1, -0.05) is 38.1 Å². The minimum atomic E-state index is -0.307. The van der Waals surface area contributed by atoms with Crippen molar-refractivity contribution in [1.82, 2.24) is 4.90 Å². The molecule has 1 saturated heterocycles. The van der Waals surface area contributed by atoms with Gasteiger partial charge in [-0.3, -0.25) is 4.90 Å². The summed E-state index contributed by atoms with van der Waals surface area (Å²) < 4.78 is 14.2. The number of halogens is 1. The number of piperazine rings is 1. The first kappa shape index (κ1) is 18.4. The standard InChI is InChI=1S/C22H26FN3/c1-17(2)13-18-3-5-19(6-4-18)16-25-9-11-26(12-10-25)22-8-7-20(15-24)14-21(22)23/h3-8,14,17H,9-13,16H2,1-2H3. The minimum absolute atomic E-state index is 0.307. The van der Waals surface area contributed by atoms with Crippen molar-refractivity contribution in [3.05, 3.63) is 65.0 Å². The molecule has 0 radical (unpaired) electrons. The van der Waals surface area contributed by atoms with E-state index in [-0.39, 0.29) is 5.82 Å². The molecule has 0 saturated carbocycles. The van der Waals surface area contributed by atoms with Crippen LogP contribution in [0.4, 0.5) is 10.1 Å². The van der Waals surface area contributed by atoms with Crippen LogP contribution in [0.5, 0.6) is 0 Å². The third-order valence-corrected chi connectivity index (χ3v) is 4.86. The Morgan fingerprint density at radius 2 is 1.65 bits per heavy atom. The molecule has 1 aliphatic heterocycles. The molecule has 0 bridgehead atoms. The molecule has 136 valence electrons. The molecule has 0 aromatic heterocycles. The van der Waals surface area contributed by atoms with Gasteiger partial charge < -0.3 is 4.90 Å². The molecule has 0 amide bonds. The van der Waals surface area contributed by atoms with E-state index in [4.69, 9.17) is 5.26 Å². The molecule has 0 unspecified atom stereocenters. The fraction of sp³-hybridized carbons (Fsp3) is 0.409. The highest BCUT2D eigenvalue weighted by Crippen LogP contribution is 2.22. The van der Waals surface area contributed by atoms with E-state index in [0.717, 1.165) is 39.1 Å². The van der Waals surface area contributed by atoms with Gasteiger partial charge in [0.05, 0.1) is 17.3 Å². The number of nitriles is 1. The summed E-state index contributed by atoms with van der Waals surface area (Å²) in [5.41, 5.74) is 3.69. The van der Waals surface area contributed by atoms with E-state index in [2.05, 4.69) is 47.9 Å². The molecule has 0 spiro atoms. The third kappa shape index (κ3) is 4.62. The first-order valence-corrected chi connectivity index (χ1v) is 9.30. The summed E-state index contributed by atoms with van der Waals surface area (Å²) in [6, 6.07) is 15.6. The molecule has 0 N–H and O–H groups in total. The normalized spacial score (nSPS) is 15.3. The van der Waals surface area contributed by atoms with Gasteiger partial charge >= 0.3 is 0 Å². The van der Waals surface area contributed by atoms with Crippen LogP contribution in [0.3, 0.4) is 0 Å². The van der Waals surface area contributed by atoms with Crippen LogP contribution < -0.4 is 4.90 Å². The van der Waals surface area contributed by atoms with Crippen LogP contribution in [0.1, 0.15) is 30.5 Å². The van der Waals surface area contributed by atoms with Gasteiger partial charge in [-0.05, 0) is 41.7 Å². The smallest absolute Gasteiger partial charge is 0.147 e. The first-order valence-electron chi connectivity index (χ1n) is 9.30. The summed E-state index contributed by atoms with van der Waals surface area (Å²) in [5, 5.41) is 8.86. The highest BCUT2D eigenvalue weighted by molar-refractivity contribution is 5.51. The average Bonchev–Trinajstić information content (AvgIpc) is 2.63. The number of hydrogen-bond acceptors (Lipinski definition) is 3. The number of anilines is 1. The molecular weight excluding hydrogens is 325 g/mol. The van der Waals surface area contributed by atoms with Gasteiger partial charge in [0.1, 0.15) is 5.82 Å². The predicted molar refractivity (Wildman–Crippen MR) is 104 cm³/mol. The van der Waals surface area contributed by atoms with Crippen LogP contribution in [0, 0.1) is 23.1 Å². The highest BCUT2D eigenvalue weighted by atomic mass is 19.1. The van der Waals surface area contributed by atoms with Crippen LogP contribution in [0.25, 0.3) is 0 Å². The second-order valence-electron chi connectivity index (χ2n) is 7.46. The zero-order chi connectivity index (χ0) is 18.5. The average molecular weight is 351 g/mol. The van der Waals surface area contributed by atoms with Crippen molar-refractivity contribution in [2.24, 2.45) is 5.92 Å². The van der Waals surface area contributed by atoms with Crippen LogP contribution >= 0.6 is 0 Å². The van der Waals surface area contributed by atoms with Crippen molar-refractivity contribution in [3.63, 3.8) is 0 Å². The van der Waals surface area contributed by atoms with E-state index in [1.54, 1.807) is 12.1 Å². The Kier molecular flexibility index (Phi) is 5.90. The zero-order valence-corrected chi connectivity index (χ0v) is 15.6. The lowest BCUT2D eigenvalue weighted by molar-refractivity contribution is 0.249.